The van der Waals surface area contributed by atoms with Gasteiger partial charge in [0.05, 0.1) is 6.54 Å². The standard InChI is InChI=1S/C14H11ClN.2CH3.Pt/c15-14-8-6-13(7-9-14)11-16-10-12-4-2-1-3-5-12;;;/h1-4,6-10H,11H2;2*1H3;/q3*-1;. The zero-order valence-corrected chi connectivity index (χ0v) is 14.1. The summed E-state index contributed by atoms with van der Waals surface area (Å²) in [5.74, 6) is 0. The van der Waals surface area contributed by atoms with E-state index < -0.39 is 0 Å². The molecule has 0 aromatic heterocycles. The molecule has 0 fully saturated rings. The van der Waals surface area contributed by atoms with Gasteiger partial charge in [-0.2, -0.15) is 0 Å². The number of hydrogen-bond acceptors (Lipinski definition) is 1. The molecular weight excluding hydrogens is 437 g/mol. The molecule has 0 amide bonds. The fourth-order valence-corrected chi connectivity index (χ4v) is 1.45. The third-order valence-electron chi connectivity index (χ3n) is 2.15. The van der Waals surface area contributed by atoms with Gasteiger partial charge < -0.3 is 19.8 Å². The van der Waals surface area contributed by atoms with Crippen molar-refractivity contribution in [2.45, 2.75) is 6.54 Å². The van der Waals surface area contributed by atoms with E-state index in [4.69, 9.17) is 11.6 Å². The van der Waals surface area contributed by atoms with Crippen molar-refractivity contribution in [3.8, 4) is 0 Å². The molecule has 0 bridgehead atoms. The molecule has 0 heterocycles. The van der Waals surface area contributed by atoms with Crippen molar-refractivity contribution < 1.29 is 21.1 Å². The maximum Gasteiger partial charge on any atom is 0.0532 e. The summed E-state index contributed by atoms with van der Waals surface area (Å²) < 4.78 is 0. The van der Waals surface area contributed by atoms with E-state index in [2.05, 4.69) is 11.1 Å². The molecule has 2 aromatic carbocycles. The molecular formula is C16H17ClNPt-3. The Bertz CT molecular complexity index is 466. The van der Waals surface area contributed by atoms with Crippen LogP contribution in [0.15, 0.2) is 53.5 Å². The van der Waals surface area contributed by atoms with E-state index in [1.807, 2.05) is 54.7 Å². The maximum absolute atomic E-state index is 5.80. The Balaban J connectivity index is 0. The maximum atomic E-state index is 5.80. The van der Waals surface area contributed by atoms with E-state index in [9.17, 15) is 0 Å². The van der Waals surface area contributed by atoms with Crippen LogP contribution >= 0.6 is 11.6 Å². The summed E-state index contributed by atoms with van der Waals surface area (Å²) in [4.78, 5) is 4.34. The Morgan fingerprint density at radius 1 is 1.05 bits per heavy atom. The van der Waals surface area contributed by atoms with Gasteiger partial charge in [0.1, 0.15) is 0 Å². The van der Waals surface area contributed by atoms with Crippen molar-refractivity contribution in [1.82, 2.24) is 0 Å². The van der Waals surface area contributed by atoms with Gasteiger partial charge in [-0.25, -0.2) is 0 Å². The van der Waals surface area contributed by atoms with E-state index in [-0.39, 0.29) is 35.9 Å². The van der Waals surface area contributed by atoms with Gasteiger partial charge in [-0.15, -0.1) is 35.9 Å². The molecule has 106 valence electrons. The fraction of sp³-hybridized carbons (Fsp3) is 0.0625. The normalized spacial score (nSPS) is 9.11. The molecule has 2 rings (SSSR count). The van der Waals surface area contributed by atoms with Gasteiger partial charge in [0.2, 0.25) is 0 Å². The Morgan fingerprint density at radius 3 is 2.32 bits per heavy atom. The third kappa shape index (κ3) is 7.30. The zero-order chi connectivity index (χ0) is 11.2. The van der Waals surface area contributed by atoms with Crippen LogP contribution in [0, 0.1) is 20.9 Å². The molecule has 3 heteroatoms. The average molecular weight is 454 g/mol. The first-order valence-corrected chi connectivity index (χ1v) is 5.43. The summed E-state index contributed by atoms with van der Waals surface area (Å²) in [7, 11) is 0. The predicted octanol–water partition coefficient (Wildman–Crippen LogP) is 4.66. The van der Waals surface area contributed by atoms with Gasteiger partial charge in [-0.05, 0) is 17.7 Å². The van der Waals surface area contributed by atoms with Crippen LogP contribution in [-0.4, -0.2) is 6.21 Å². The first-order valence-electron chi connectivity index (χ1n) is 5.05. The topological polar surface area (TPSA) is 12.4 Å². The summed E-state index contributed by atoms with van der Waals surface area (Å²) in [6.07, 6.45) is 1.83. The minimum absolute atomic E-state index is 0. The molecule has 0 spiro atoms. The summed E-state index contributed by atoms with van der Waals surface area (Å²) >= 11 is 5.80. The number of rotatable bonds is 3. The SMILES string of the molecule is Clc1ccc(CN=Cc2[c-]cccc2)cc1.[CH3-].[CH3-].[Pt]. The van der Waals surface area contributed by atoms with Crippen LogP contribution in [-0.2, 0) is 27.6 Å². The molecule has 0 unspecified atom stereocenters. The van der Waals surface area contributed by atoms with Crippen molar-refractivity contribution in [2.24, 2.45) is 4.99 Å². The number of benzene rings is 2. The molecule has 0 aliphatic rings. The van der Waals surface area contributed by atoms with Crippen LogP contribution < -0.4 is 0 Å². The smallest absolute Gasteiger partial charge is 0.0532 e. The summed E-state index contributed by atoms with van der Waals surface area (Å²) in [6, 6.07) is 18.6. The Morgan fingerprint density at radius 2 is 1.74 bits per heavy atom. The second kappa shape index (κ2) is 11.0. The van der Waals surface area contributed by atoms with Crippen LogP contribution in [0.5, 0.6) is 0 Å². The van der Waals surface area contributed by atoms with Gasteiger partial charge in [0.25, 0.3) is 0 Å². The van der Waals surface area contributed by atoms with Crippen molar-refractivity contribution in [3.05, 3.63) is 85.6 Å². The van der Waals surface area contributed by atoms with Gasteiger partial charge in [0, 0.05) is 26.1 Å². The summed E-state index contributed by atoms with van der Waals surface area (Å²) in [5.41, 5.74) is 2.15. The minimum atomic E-state index is 0. The van der Waals surface area contributed by atoms with E-state index >= 15 is 0 Å². The van der Waals surface area contributed by atoms with Crippen LogP contribution in [0.3, 0.4) is 0 Å². The van der Waals surface area contributed by atoms with Crippen LogP contribution in [0.25, 0.3) is 0 Å². The van der Waals surface area contributed by atoms with E-state index in [1.54, 1.807) is 0 Å². The zero-order valence-electron chi connectivity index (χ0n) is 11.0. The summed E-state index contributed by atoms with van der Waals surface area (Å²) in [6.45, 7) is 0.667. The van der Waals surface area contributed by atoms with Gasteiger partial charge in [-0.1, -0.05) is 29.9 Å². The molecule has 19 heavy (non-hydrogen) atoms. The van der Waals surface area contributed by atoms with Crippen molar-refractivity contribution in [3.63, 3.8) is 0 Å². The Hall–Kier alpha value is -0.912. The Labute approximate surface area is 136 Å². The average Bonchev–Trinajstić information content (AvgIpc) is 2.33. The first-order chi connectivity index (χ1) is 7.84. The van der Waals surface area contributed by atoms with Gasteiger partial charge >= 0.3 is 0 Å². The molecule has 0 atom stereocenters. The number of aliphatic imine (C=N–C) groups is 1. The monoisotopic (exact) mass is 453 g/mol. The van der Waals surface area contributed by atoms with E-state index in [1.165, 1.54) is 0 Å². The second-order valence-electron chi connectivity index (χ2n) is 3.41. The van der Waals surface area contributed by atoms with Crippen molar-refractivity contribution >= 4 is 17.8 Å². The van der Waals surface area contributed by atoms with Crippen LogP contribution in [0.1, 0.15) is 11.1 Å². The number of hydrogen-bond donors (Lipinski definition) is 0. The molecule has 0 aliphatic carbocycles. The van der Waals surface area contributed by atoms with Crippen molar-refractivity contribution in [2.75, 3.05) is 0 Å². The fourth-order valence-electron chi connectivity index (χ4n) is 1.33. The van der Waals surface area contributed by atoms with Crippen LogP contribution in [0.4, 0.5) is 0 Å². The van der Waals surface area contributed by atoms with Gasteiger partial charge in [-0.3, -0.25) is 0 Å². The Kier molecular flexibility index (Phi) is 11.8. The first kappa shape index (κ1) is 20.4. The molecule has 0 aliphatic heterocycles. The van der Waals surface area contributed by atoms with Crippen molar-refractivity contribution in [1.29, 1.82) is 0 Å². The predicted molar refractivity (Wildman–Crippen MR) is 80.9 cm³/mol. The largest absolute Gasteiger partial charge is 0.358 e. The van der Waals surface area contributed by atoms with Crippen LogP contribution in [0.2, 0.25) is 5.02 Å². The minimum Gasteiger partial charge on any atom is -0.358 e. The molecule has 0 saturated carbocycles. The third-order valence-corrected chi connectivity index (χ3v) is 2.40. The number of halogens is 1. The number of nitrogens with zero attached hydrogens (tertiary/aromatic N) is 1. The quantitative estimate of drug-likeness (QED) is 0.473. The molecule has 2 aromatic rings. The molecule has 0 N–H and O–H groups in total. The summed E-state index contributed by atoms with van der Waals surface area (Å²) in [5, 5.41) is 0.754. The van der Waals surface area contributed by atoms with E-state index in [0.717, 1.165) is 16.1 Å². The van der Waals surface area contributed by atoms with E-state index in [0.29, 0.717) is 6.54 Å². The molecule has 0 saturated heterocycles. The molecule has 0 radical (unpaired) electrons. The molecule has 1 nitrogen and oxygen atoms in total. The van der Waals surface area contributed by atoms with Gasteiger partial charge in [0.15, 0.2) is 0 Å². The second-order valence-corrected chi connectivity index (χ2v) is 3.85.